The van der Waals surface area contributed by atoms with Crippen molar-refractivity contribution in [2.75, 3.05) is 0 Å². The molecule has 2 fully saturated rings. The summed E-state index contributed by atoms with van der Waals surface area (Å²) in [5, 5.41) is 10.8. The Balaban J connectivity index is 2.10. The fraction of sp³-hybridized carbons (Fsp3) is 0.706. The topological polar surface area (TPSA) is 89.9 Å². The molecule has 1 saturated carbocycles. The van der Waals surface area contributed by atoms with E-state index >= 15 is 0 Å². The number of allylic oxidation sites excluding steroid dienone is 1. The van der Waals surface area contributed by atoms with Gasteiger partial charge in [-0.25, -0.2) is 0 Å². The summed E-state index contributed by atoms with van der Waals surface area (Å²) in [7, 11) is 0. The zero-order valence-corrected chi connectivity index (χ0v) is 13.7. The molecule has 3 aliphatic rings. The molecular formula is C17H22O6. The van der Waals surface area contributed by atoms with Gasteiger partial charge in [0.05, 0.1) is 11.5 Å². The summed E-state index contributed by atoms with van der Waals surface area (Å²) >= 11 is 0. The lowest BCUT2D eigenvalue weighted by Gasteiger charge is -2.54. The van der Waals surface area contributed by atoms with Crippen molar-refractivity contribution in [1.29, 1.82) is 0 Å². The number of carbonyl (C=O) groups excluding carboxylic acids is 3. The highest BCUT2D eigenvalue weighted by molar-refractivity contribution is 5.96. The van der Waals surface area contributed by atoms with Crippen molar-refractivity contribution in [3.8, 4) is 0 Å². The first-order valence-electron chi connectivity index (χ1n) is 7.91. The number of carbonyl (C=O) groups is 3. The van der Waals surface area contributed by atoms with Gasteiger partial charge in [0.1, 0.15) is 12.2 Å². The zero-order chi connectivity index (χ0) is 17.2. The Morgan fingerprint density at radius 1 is 1.39 bits per heavy atom. The van der Waals surface area contributed by atoms with E-state index in [1.165, 1.54) is 19.1 Å². The minimum atomic E-state index is -1.27. The molecule has 23 heavy (non-hydrogen) atoms. The molecule has 1 saturated heterocycles. The van der Waals surface area contributed by atoms with Crippen molar-refractivity contribution >= 4 is 17.7 Å². The Labute approximate surface area is 134 Å². The molecule has 1 aliphatic heterocycles. The highest BCUT2D eigenvalue weighted by atomic mass is 16.6. The second-order valence-electron chi connectivity index (χ2n) is 7.44. The van der Waals surface area contributed by atoms with E-state index in [1.54, 1.807) is 20.8 Å². The van der Waals surface area contributed by atoms with Crippen molar-refractivity contribution in [3.05, 3.63) is 12.2 Å². The van der Waals surface area contributed by atoms with Crippen LogP contribution in [-0.4, -0.2) is 40.6 Å². The molecule has 1 heterocycles. The molecule has 0 aromatic rings. The Morgan fingerprint density at radius 3 is 2.65 bits per heavy atom. The second-order valence-corrected chi connectivity index (χ2v) is 7.44. The van der Waals surface area contributed by atoms with E-state index in [-0.39, 0.29) is 24.1 Å². The third kappa shape index (κ3) is 2.23. The van der Waals surface area contributed by atoms with Crippen molar-refractivity contribution in [2.24, 2.45) is 23.2 Å². The first-order chi connectivity index (χ1) is 10.6. The number of fused-ring (bicyclic) bond motifs is 3. The quantitative estimate of drug-likeness (QED) is 0.725. The van der Waals surface area contributed by atoms with Gasteiger partial charge in [0.25, 0.3) is 0 Å². The highest BCUT2D eigenvalue weighted by Crippen LogP contribution is 2.56. The maximum Gasteiger partial charge on any atom is 0.309 e. The fourth-order valence-corrected chi connectivity index (χ4v) is 4.73. The zero-order valence-electron chi connectivity index (χ0n) is 13.7. The molecule has 6 nitrogen and oxygen atoms in total. The summed E-state index contributed by atoms with van der Waals surface area (Å²) in [5.41, 5.74) is -2.21. The Morgan fingerprint density at radius 2 is 2.04 bits per heavy atom. The summed E-state index contributed by atoms with van der Waals surface area (Å²) in [6.45, 7) is 6.42. The number of ketones is 1. The molecule has 3 rings (SSSR count). The maximum absolute atomic E-state index is 12.5. The summed E-state index contributed by atoms with van der Waals surface area (Å²) in [6.07, 6.45) is 1.90. The molecule has 0 amide bonds. The van der Waals surface area contributed by atoms with Gasteiger partial charge < -0.3 is 14.6 Å². The van der Waals surface area contributed by atoms with Crippen LogP contribution in [0.25, 0.3) is 0 Å². The third-order valence-corrected chi connectivity index (χ3v) is 5.73. The van der Waals surface area contributed by atoms with Gasteiger partial charge in [-0.15, -0.1) is 0 Å². The van der Waals surface area contributed by atoms with Crippen LogP contribution in [0, 0.1) is 23.2 Å². The minimum Gasteiger partial charge on any atom is -0.462 e. The van der Waals surface area contributed by atoms with Crippen molar-refractivity contribution in [2.45, 2.75) is 51.9 Å². The Hall–Kier alpha value is -1.69. The van der Waals surface area contributed by atoms with Gasteiger partial charge >= 0.3 is 11.9 Å². The van der Waals surface area contributed by atoms with Gasteiger partial charge in [-0.2, -0.15) is 0 Å². The number of hydrogen-bond donors (Lipinski definition) is 1. The van der Waals surface area contributed by atoms with Crippen LogP contribution in [0.4, 0.5) is 0 Å². The van der Waals surface area contributed by atoms with Crippen LogP contribution in [0.2, 0.25) is 0 Å². The van der Waals surface area contributed by atoms with Crippen LogP contribution < -0.4 is 0 Å². The van der Waals surface area contributed by atoms with Gasteiger partial charge in [-0.3, -0.25) is 14.4 Å². The van der Waals surface area contributed by atoms with E-state index in [0.29, 0.717) is 0 Å². The van der Waals surface area contributed by atoms with Crippen molar-refractivity contribution in [1.82, 2.24) is 0 Å². The average Bonchev–Trinajstić information content (AvgIpc) is 2.69. The van der Waals surface area contributed by atoms with E-state index in [2.05, 4.69) is 0 Å². The average molecular weight is 322 g/mol. The molecule has 0 bridgehead atoms. The molecule has 0 unspecified atom stereocenters. The van der Waals surface area contributed by atoms with E-state index in [0.717, 1.165) is 0 Å². The molecule has 1 N–H and O–H groups in total. The number of esters is 2. The van der Waals surface area contributed by atoms with Gasteiger partial charge in [-0.05, 0) is 25.5 Å². The van der Waals surface area contributed by atoms with Crippen LogP contribution in [0.15, 0.2) is 12.2 Å². The first-order valence-corrected chi connectivity index (χ1v) is 7.91. The van der Waals surface area contributed by atoms with E-state index < -0.39 is 41.0 Å². The molecule has 2 aliphatic carbocycles. The maximum atomic E-state index is 12.5. The van der Waals surface area contributed by atoms with Crippen molar-refractivity contribution < 1.29 is 29.0 Å². The van der Waals surface area contributed by atoms with E-state index in [4.69, 9.17) is 9.47 Å². The van der Waals surface area contributed by atoms with Crippen LogP contribution in [-0.2, 0) is 23.9 Å². The third-order valence-electron chi connectivity index (χ3n) is 5.73. The van der Waals surface area contributed by atoms with Crippen LogP contribution in [0.5, 0.6) is 0 Å². The molecule has 0 radical (unpaired) electrons. The normalized spacial score (nSPS) is 48.5. The highest BCUT2D eigenvalue weighted by Gasteiger charge is 2.66. The van der Waals surface area contributed by atoms with Crippen LogP contribution in [0.3, 0.4) is 0 Å². The Bertz CT molecular complexity index is 606. The predicted molar refractivity (Wildman–Crippen MR) is 79.1 cm³/mol. The van der Waals surface area contributed by atoms with E-state index in [1.807, 2.05) is 0 Å². The molecule has 126 valence electrons. The second kappa shape index (κ2) is 4.90. The Kier molecular flexibility index (Phi) is 3.45. The fourth-order valence-electron chi connectivity index (χ4n) is 4.73. The van der Waals surface area contributed by atoms with Gasteiger partial charge in [0, 0.05) is 24.2 Å². The minimum absolute atomic E-state index is 0.139. The lowest BCUT2D eigenvalue weighted by molar-refractivity contribution is -0.189. The van der Waals surface area contributed by atoms with Crippen LogP contribution >= 0.6 is 0 Å². The van der Waals surface area contributed by atoms with Crippen LogP contribution in [0.1, 0.15) is 34.1 Å². The summed E-state index contributed by atoms with van der Waals surface area (Å²) in [6, 6.07) is 0. The summed E-state index contributed by atoms with van der Waals surface area (Å²) < 4.78 is 11.0. The molecular weight excluding hydrogens is 300 g/mol. The smallest absolute Gasteiger partial charge is 0.309 e. The SMILES string of the molecule is CC(=O)O[C@H]1C[C@@]2(C)C(=O)C=C[C@@](C)(O)[C@@H]2[C@H]2OC(=O)[C@@H](C)[C@@H]21. The molecule has 0 aromatic heterocycles. The molecule has 7 atom stereocenters. The lowest BCUT2D eigenvalue weighted by Crippen LogP contribution is -2.63. The van der Waals surface area contributed by atoms with E-state index in [9.17, 15) is 19.5 Å². The number of rotatable bonds is 1. The van der Waals surface area contributed by atoms with Gasteiger partial charge in [0.2, 0.25) is 0 Å². The monoisotopic (exact) mass is 322 g/mol. The summed E-state index contributed by atoms with van der Waals surface area (Å²) in [4.78, 5) is 36.1. The van der Waals surface area contributed by atoms with Gasteiger partial charge in [-0.1, -0.05) is 13.8 Å². The predicted octanol–water partition coefficient (Wildman–Crippen LogP) is 1.01. The van der Waals surface area contributed by atoms with Gasteiger partial charge in [0.15, 0.2) is 5.78 Å². The number of ether oxygens (including phenoxy) is 2. The van der Waals surface area contributed by atoms with Crippen molar-refractivity contribution in [3.63, 3.8) is 0 Å². The number of hydrogen-bond acceptors (Lipinski definition) is 6. The lowest BCUT2D eigenvalue weighted by atomic mass is 9.52. The molecule has 6 heteroatoms. The standard InChI is InChI=1S/C17H22O6/c1-8-12-10(22-9(2)18)7-16(3)11(19)5-6-17(4,21)14(16)13(12)23-15(8)20/h5-6,8,10,12-14,21H,7H2,1-4H3/t8-,10-,12+,13-,14+,16-,17+/m0/s1. The summed E-state index contributed by atoms with van der Waals surface area (Å²) in [5.74, 6) is -2.31. The molecule has 0 aromatic carbocycles. The largest absolute Gasteiger partial charge is 0.462 e. The molecule has 0 spiro atoms. The first kappa shape index (κ1) is 16.2. The number of aliphatic hydroxyl groups is 1.